The smallest absolute Gasteiger partial charge is 0.321 e. The van der Waals surface area contributed by atoms with Crippen LogP contribution in [0.2, 0.25) is 0 Å². The van der Waals surface area contributed by atoms with Gasteiger partial charge < -0.3 is 14.6 Å². The first kappa shape index (κ1) is 14.5. The molecule has 3 heterocycles. The summed E-state index contributed by atoms with van der Waals surface area (Å²) in [7, 11) is 0. The van der Waals surface area contributed by atoms with Crippen molar-refractivity contribution < 1.29 is 4.79 Å². The van der Waals surface area contributed by atoms with Crippen LogP contribution in [0, 0.1) is 5.41 Å². The molecule has 1 aliphatic heterocycles. The molecule has 5 nitrogen and oxygen atoms in total. The second-order valence-electron chi connectivity index (χ2n) is 7.09. The second-order valence-corrected chi connectivity index (χ2v) is 7.09. The molecule has 122 valence electrons. The lowest BCUT2D eigenvalue weighted by molar-refractivity contribution is 0.0849. The minimum absolute atomic E-state index is 0.0233. The van der Waals surface area contributed by atoms with Crippen molar-refractivity contribution in [3.05, 3.63) is 30.7 Å². The number of imidazole rings is 1. The molecule has 2 aliphatic rings. The quantitative estimate of drug-likeness (QED) is 0.868. The van der Waals surface area contributed by atoms with Gasteiger partial charge in [-0.05, 0) is 43.2 Å². The molecule has 0 aromatic carbocycles. The van der Waals surface area contributed by atoms with Gasteiger partial charge in [0.2, 0.25) is 0 Å². The van der Waals surface area contributed by atoms with Crippen molar-refractivity contribution >= 4 is 17.4 Å². The minimum atomic E-state index is 0.0233. The normalized spacial score (nSPS) is 20.8. The number of carbonyl (C=O) groups is 1. The molecule has 1 spiro atoms. The van der Waals surface area contributed by atoms with Crippen LogP contribution in [-0.2, 0) is 0 Å². The number of nitrogens with zero attached hydrogens (tertiary/aromatic N) is 3. The number of hydrogen-bond acceptors (Lipinski definition) is 2. The Bertz CT molecular complexity index is 692. The molecule has 1 saturated heterocycles. The maximum atomic E-state index is 12.5. The Kier molecular flexibility index (Phi) is 3.71. The number of piperidine rings is 1. The molecule has 23 heavy (non-hydrogen) atoms. The average Bonchev–Trinajstić information content (AvgIpc) is 3.04. The number of amides is 2. The summed E-state index contributed by atoms with van der Waals surface area (Å²) in [5.41, 5.74) is 2.24. The van der Waals surface area contributed by atoms with Gasteiger partial charge in [0.25, 0.3) is 0 Å². The van der Waals surface area contributed by atoms with E-state index >= 15 is 0 Å². The fraction of sp³-hybridized carbons (Fsp3) is 0.556. The van der Waals surface area contributed by atoms with E-state index in [9.17, 15) is 4.79 Å². The fourth-order valence-corrected chi connectivity index (χ4v) is 4.18. The van der Waals surface area contributed by atoms with Crippen LogP contribution in [0.25, 0.3) is 5.65 Å². The summed E-state index contributed by atoms with van der Waals surface area (Å²) in [6, 6.07) is 3.85. The Morgan fingerprint density at radius 1 is 1.09 bits per heavy atom. The van der Waals surface area contributed by atoms with Gasteiger partial charge in [-0.2, -0.15) is 0 Å². The third kappa shape index (κ3) is 2.92. The molecule has 0 atom stereocenters. The van der Waals surface area contributed by atoms with Gasteiger partial charge in [0.1, 0.15) is 5.65 Å². The Morgan fingerprint density at radius 3 is 2.65 bits per heavy atom. The Balaban J connectivity index is 1.38. The Labute approximate surface area is 136 Å². The SMILES string of the molecule is O=C(Nc1ccc2nccn2c1)N1CCC2(CCCCC2)CC1. The van der Waals surface area contributed by atoms with Crippen molar-refractivity contribution in [2.75, 3.05) is 18.4 Å². The largest absolute Gasteiger partial charge is 0.324 e. The van der Waals surface area contributed by atoms with E-state index in [-0.39, 0.29) is 6.03 Å². The summed E-state index contributed by atoms with van der Waals surface area (Å²) in [4.78, 5) is 18.7. The van der Waals surface area contributed by atoms with Gasteiger partial charge in [-0.15, -0.1) is 0 Å². The van der Waals surface area contributed by atoms with Gasteiger partial charge in [-0.3, -0.25) is 0 Å². The summed E-state index contributed by atoms with van der Waals surface area (Å²) in [6.45, 7) is 1.78. The molecule has 2 fully saturated rings. The second kappa shape index (κ2) is 5.87. The molecule has 0 radical (unpaired) electrons. The number of carbonyl (C=O) groups excluding carboxylic acids is 1. The van der Waals surface area contributed by atoms with Crippen molar-refractivity contribution in [3.8, 4) is 0 Å². The van der Waals surface area contributed by atoms with Gasteiger partial charge in [0, 0.05) is 31.7 Å². The molecule has 5 heteroatoms. The number of urea groups is 1. The van der Waals surface area contributed by atoms with E-state index in [1.165, 1.54) is 44.9 Å². The van der Waals surface area contributed by atoms with Crippen LogP contribution in [0.4, 0.5) is 10.5 Å². The van der Waals surface area contributed by atoms with E-state index < -0.39 is 0 Å². The average molecular weight is 312 g/mol. The predicted octanol–water partition coefficient (Wildman–Crippen LogP) is 3.91. The highest BCUT2D eigenvalue weighted by molar-refractivity contribution is 5.89. The van der Waals surface area contributed by atoms with Crippen molar-refractivity contribution in [1.82, 2.24) is 14.3 Å². The molecule has 2 aromatic heterocycles. The number of fused-ring (bicyclic) bond motifs is 1. The highest BCUT2D eigenvalue weighted by atomic mass is 16.2. The lowest BCUT2D eigenvalue weighted by atomic mass is 9.68. The van der Waals surface area contributed by atoms with Gasteiger partial charge in [0.15, 0.2) is 0 Å². The maximum absolute atomic E-state index is 12.5. The number of nitrogens with one attached hydrogen (secondary N) is 1. The molecule has 4 rings (SSSR count). The molecule has 0 unspecified atom stereocenters. The number of likely N-dealkylation sites (tertiary alicyclic amines) is 1. The van der Waals surface area contributed by atoms with Gasteiger partial charge in [0.05, 0.1) is 5.69 Å². The molecule has 1 N–H and O–H groups in total. The first-order valence-corrected chi connectivity index (χ1v) is 8.73. The van der Waals surface area contributed by atoms with Crippen molar-refractivity contribution in [2.45, 2.75) is 44.9 Å². The molecular weight excluding hydrogens is 288 g/mol. The lowest BCUT2D eigenvalue weighted by Crippen LogP contribution is -2.45. The van der Waals surface area contributed by atoms with E-state index in [4.69, 9.17) is 0 Å². The van der Waals surface area contributed by atoms with Gasteiger partial charge >= 0.3 is 6.03 Å². The molecule has 2 aromatic rings. The van der Waals surface area contributed by atoms with Crippen molar-refractivity contribution in [2.24, 2.45) is 5.41 Å². The molecule has 1 saturated carbocycles. The van der Waals surface area contributed by atoms with Crippen LogP contribution in [0.3, 0.4) is 0 Å². The summed E-state index contributed by atoms with van der Waals surface area (Å²) < 4.78 is 1.92. The van der Waals surface area contributed by atoms with E-state index in [1.54, 1.807) is 6.20 Å². The number of hydrogen-bond donors (Lipinski definition) is 1. The van der Waals surface area contributed by atoms with Crippen molar-refractivity contribution in [1.29, 1.82) is 0 Å². The van der Waals surface area contributed by atoms with Crippen molar-refractivity contribution in [3.63, 3.8) is 0 Å². The number of anilines is 1. The maximum Gasteiger partial charge on any atom is 0.321 e. The highest BCUT2D eigenvalue weighted by Gasteiger charge is 2.36. The Hall–Kier alpha value is -2.04. The van der Waals surface area contributed by atoms with Crippen LogP contribution in [0.5, 0.6) is 0 Å². The predicted molar refractivity (Wildman–Crippen MR) is 90.5 cm³/mol. The zero-order valence-electron chi connectivity index (χ0n) is 13.5. The standard InChI is InChI=1S/C18H24N4O/c23-17(20-15-4-5-16-19-10-13-22(16)14-15)21-11-8-18(9-12-21)6-2-1-3-7-18/h4-5,10,13-14H,1-3,6-9,11-12H2,(H,20,23). The lowest BCUT2D eigenvalue weighted by Gasteiger charge is -2.44. The van der Waals surface area contributed by atoms with Gasteiger partial charge in [-0.25, -0.2) is 9.78 Å². The van der Waals surface area contributed by atoms with Crippen LogP contribution >= 0.6 is 0 Å². The third-order valence-electron chi connectivity index (χ3n) is 5.67. The summed E-state index contributed by atoms with van der Waals surface area (Å²) in [5, 5.41) is 3.02. The zero-order valence-corrected chi connectivity index (χ0v) is 13.5. The first-order chi connectivity index (χ1) is 11.2. The number of pyridine rings is 1. The fourth-order valence-electron chi connectivity index (χ4n) is 4.18. The topological polar surface area (TPSA) is 49.6 Å². The summed E-state index contributed by atoms with van der Waals surface area (Å²) in [6.07, 6.45) is 14.7. The first-order valence-electron chi connectivity index (χ1n) is 8.73. The molecule has 2 amide bonds. The third-order valence-corrected chi connectivity index (χ3v) is 5.67. The minimum Gasteiger partial charge on any atom is -0.324 e. The molecular formula is C18H24N4O. The monoisotopic (exact) mass is 312 g/mol. The zero-order chi connectivity index (χ0) is 15.7. The van der Waals surface area contributed by atoms with E-state index in [0.717, 1.165) is 24.4 Å². The van der Waals surface area contributed by atoms with Crippen LogP contribution in [0.15, 0.2) is 30.7 Å². The van der Waals surface area contributed by atoms with Crippen LogP contribution < -0.4 is 5.32 Å². The van der Waals surface area contributed by atoms with Gasteiger partial charge in [-0.1, -0.05) is 19.3 Å². The van der Waals surface area contributed by atoms with Crippen LogP contribution in [0.1, 0.15) is 44.9 Å². The van der Waals surface area contributed by atoms with E-state index in [0.29, 0.717) is 5.41 Å². The number of rotatable bonds is 1. The molecule has 1 aliphatic carbocycles. The molecule has 0 bridgehead atoms. The van der Waals surface area contributed by atoms with Crippen LogP contribution in [-0.4, -0.2) is 33.4 Å². The highest BCUT2D eigenvalue weighted by Crippen LogP contribution is 2.44. The number of aromatic nitrogens is 2. The summed E-state index contributed by atoms with van der Waals surface area (Å²) >= 11 is 0. The summed E-state index contributed by atoms with van der Waals surface area (Å²) in [5.74, 6) is 0. The Morgan fingerprint density at radius 2 is 1.87 bits per heavy atom. The van der Waals surface area contributed by atoms with E-state index in [1.807, 2.05) is 33.8 Å². The van der Waals surface area contributed by atoms with E-state index in [2.05, 4.69) is 10.3 Å².